The second-order valence-electron chi connectivity index (χ2n) is 8.47. The van der Waals surface area contributed by atoms with Gasteiger partial charge >= 0.3 is 0 Å². The molecule has 0 atom stereocenters. The van der Waals surface area contributed by atoms with Crippen molar-refractivity contribution in [1.29, 1.82) is 0 Å². The summed E-state index contributed by atoms with van der Waals surface area (Å²) in [5.41, 5.74) is 4.62. The van der Waals surface area contributed by atoms with Gasteiger partial charge in [0.05, 0.1) is 0 Å². The molecule has 1 nitrogen and oxygen atoms in total. The van der Waals surface area contributed by atoms with Gasteiger partial charge in [-0.1, -0.05) is 116 Å². The highest BCUT2D eigenvalue weighted by Gasteiger charge is 2.41. The van der Waals surface area contributed by atoms with Crippen LogP contribution in [-0.4, -0.2) is 16.6 Å². The van der Waals surface area contributed by atoms with Crippen molar-refractivity contribution in [2.24, 2.45) is 0 Å². The molecule has 0 fully saturated rings. The summed E-state index contributed by atoms with van der Waals surface area (Å²) in [5.74, 6) is 0. The molecule has 0 unspecified atom stereocenters. The van der Waals surface area contributed by atoms with Crippen LogP contribution in [0.4, 0.5) is 0 Å². The highest BCUT2D eigenvalue weighted by atomic mass is 28.4. The number of hydrogen-bond acceptors (Lipinski definition) is 1. The van der Waals surface area contributed by atoms with Crippen LogP contribution in [0.1, 0.15) is 105 Å². The minimum absolute atomic E-state index is 1.28. The Labute approximate surface area is 174 Å². The van der Waals surface area contributed by atoms with Crippen LogP contribution >= 0.6 is 0 Å². The van der Waals surface area contributed by atoms with Gasteiger partial charge in [-0.15, -0.1) is 13.2 Å². The molecule has 0 N–H and O–H groups in total. The van der Waals surface area contributed by atoms with E-state index in [1.807, 2.05) is 0 Å². The van der Waals surface area contributed by atoms with Crippen molar-refractivity contribution in [2.45, 2.75) is 129 Å². The third-order valence-electron chi connectivity index (χ3n) is 5.96. The summed E-state index contributed by atoms with van der Waals surface area (Å²) < 4.78 is 7.35. The molecule has 0 aromatic rings. The first-order valence-electron chi connectivity index (χ1n) is 12.0. The van der Waals surface area contributed by atoms with Crippen molar-refractivity contribution in [1.82, 2.24) is 0 Å². The molecule has 160 valence electrons. The summed E-state index contributed by atoms with van der Waals surface area (Å²) in [4.78, 5) is 0. The standard InChI is InChI=1S/C24H50OSi2/c1-7-13-17-21-26(11-5,22-18-14-8-2)25-27(12-6,23-19-15-9-3)24-20-16-10-4/h11-12H,5-10,13-24H2,1-4H3. The second kappa shape index (κ2) is 16.8. The lowest BCUT2D eigenvalue weighted by atomic mass is 10.3. The minimum Gasteiger partial charge on any atom is -0.449 e. The van der Waals surface area contributed by atoms with Crippen LogP contribution in [0.3, 0.4) is 0 Å². The number of unbranched alkanes of at least 4 members (excludes halogenated alkanes) is 8. The third-order valence-corrected chi connectivity index (χ3v) is 15.5. The van der Waals surface area contributed by atoms with E-state index in [2.05, 4.69) is 52.3 Å². The van der Waals surface area contributed by atoms with E-state index in [4.69, 9.17) is 4.12 Å². The van der Waals surface area contributed by atoms with Crippen LogP contribution in [0.2, 0.25) is 24.2 Å². The molecule has 0 aromatic heterocycles. The van der Waals surface area contributed by atoms with Crippen LogP contribution in [0.25, 0.3) is 0 Å². The molecule has 0 aliphatic rings. The molecule has 0 amide bonds. The molecule has 3 heteroatoms. The molecule has 0 aliphatic heterocycles. The lowest BCUT2D eigenvalue weighted by molar-refractivity contribution is 0.507. The van der Waals surface area contributed by atoms with Gasteiger partial charge in [0.1, 0.15) is 0 Å². The Hall–Kier alpha value is -0.126. The Balaban J connectivity index is 5.39. The summed E-state index contributed by atoms with van der Waals surface area (Å²) in [6.45, 7) is 17.8. The van der Waals surface area contributed by atoms with E-state index in [-0.39, 0.29) is 0 Å². The van der Waals surface area contributed by atoms with Gasteiger partial charge in [-0.2, -0.15) is 0 Å². The first kappa shape index (κ1) is 26.9. The van der Waals surface area contributed by atoms with Crippen LogP contribution in [-0.2, 0) is 4.12 Å². The smallest absolute Gasteiger partial charge is 0.204 e. The Morgan fingerprint density at radius 2 is 0.778 bits per heavy atom. The van der Waals surface area contributed by atoms with Crippen molar-refractivity contribution >= 4 is 16.6 Å². The zero-order valence-electron chi connectivity index (χ0n) is 19.3. The van der Waals surface area contributed by atoms with Crippen molar-refractivity contribution < 1.29 is 4.12 Å². The van der Waals surface area contributed by atoms with Gasteiger partial charge in [0.25, 0.3) is 0 Å². The average Bonchev–Trinajstić information content (AvgIpc) is 2.68. The Morgan fingerprint density at radius 1 is 0.519 bits per heavy atom. The molecular weight excluding hydrogens is 360 g/mol. The lowest BCUT2D eigenvalue weighted by Gasteiger charge is -2.40. The first-order chi connectivity index (χ1) is 13.1. The van der Waals surface area contributed by atoms with Gasteiger partial charge in [-0.05, 0) is 24.2 Å². The summed E-state index contributed by atoms with van der Waals surface area (Å²) in [6.07, 6.45) is 15.7. The zero-order chi connectivity index (χ0) is 20.4. The van der Waals surface area contributed by atoms with E-state index in [9.17, 15) is 0 Å². The fraction of sp³-hybridized carbons (Fsp3) is 0.833. The highest BCUT2D eigenvalue weighted by Crippen LogP contribution is 2.34. The van der Waals surface area contributed by atoms with Crippen molar-refractivity contribution in [3.63, 3.8) is 0 Å². The van der Waals surface area contributed by atoms with Gasteiger partial charge in [0.2, 0.25) is 16.6 Å². The Bertz CT molecular complexity index is 313. The molecule has 0 heterocycles. The maximum Gasteiger partial charge on any atom is 0.204 e. The SMILES string of the molecule is C=C[Si](CCCCC)(CCCCC)O[Si](C=C)(CCCCC)CCCCC. The number of hydrogen-bond donors (Lipinski definition) is 0. The molecule has 0 bridgehead atoms. The highest BCUT2D eigenvalue weighted by molar-refractivity contribution is 6.91. The van der Waals surface area contributed by atoms with E-state index >= 15 is 0 Å². The minimum atomic E-state index is -1.87. The fourth-order valence-corrected chi connectivity index (χ4v) is 14.3. The summed E-state index contributed by atoms with van der Waals surface area (Å²) in [5, 5.41) is 0. The predicted molar refractivity (Wildman–Crippen MR) is 130 cm³/mol. The van der Waals surface area contributed by atoms with Gasteiger partial charge < -0.3 is 4.12 Å². The van der Waals surface area contributed by atoms with Crippen LogP contribution < -0.4 is 0 Å². The quantitative estimate of drug-likeness (QED) is 0.143. The fourth-order valence-electron chi connectivity index (χ4n) is 4.05. The van der Waals surface area contributed by atoms with E-state index < -0.39 is 16.6 Å². The van der Waals surface area contributed by atoms with E-state index in [0.717, 1.165) is 0 Å². The average molecular weight is 411 g/mol. The summed E-state index contributed by atoms with van der Waals surface area (Å²) in [6, 6.07) is 5.10. The van der Waals surface area contributed by atoms with Gasteiger partial charge in [0, 0.05) is 0 Å². The largest absolute Gasteiger partial charge is 0.449 e. The van der Waals surface area contributed by atoms with Crippen LogP contribution in [0, 0.1) is 0 Å². The predicted octanol–water partition coefficient (Wildman–Crippen LogP) is 9.11. The monoisotopic (exact) mass is 410 g/mol. The Morgan fingerprint density at radius 3 is 0.963 bits per heavy atom. The normalized spacial score (nSPS) is 12.3. The third kappa shape index (κ3) is 11.5. The second-order valence-corrected chi connectivity index (χ2v) is 16.4. The van der Waals surface area contributed by atoms with Gasteiger partial charge in [-0.3, -0.25) is 0 Å². The van der Waals surface area contributed by atoms with E-state index in [0.29, 0.717) is 0 Å². The molecular formula is C24H50OSi2. The molecule has 0 rings (SSSR count). The van der Waals surface area contributed by atoms with E-state index in [1.54, 1.807) is 0 Å². The van der Waals surface area contributed by atoms with Crippen molar-refractivity contribution in [3.8, 4) is 0 Å². The van der Waals surface area contributed by atoms with Gasteiger partial charge in [0.15, 0.2) is 0 Å². The Kier molecular flexibility index (Phi) is 16.7. The maximum absolute atomic E-state index is 7.35. The van der Waals surface area contributed by atoms with Crippen molar-refractivity contribution in [2.75, 3.05) is 0 Å². The number of rotatable bonds is 20. The summed E-state index contributed by atoms with van der Waals surface area (Å²) in [7, 11) is -3.73. The molecule has 0 spiro atoms. The molecule has 27 heavy (non-hydrogen) atoms. The topological polar surface area (TPSA) is 9.23 Å². The zero-order valence-corrected chi connectivity index (χ0v) is 21.3. The maximum atomic E-state index is 7.35. The van der Waals surface area contributed by atoms with E-state index in [1.165, 1.54) is 101 Å². The molecule has 0 aliphatic carbocycles. The molecule has 0 radical (unpaired) electrons. The van der Waals surface area contributed by atoms with Crippen molar-refractivity contribution in [3.05, 3.63) is 24.6 Å². The molecule has 0 saturated heterocycles. The van der Waals surface area contributed by atoms with Crippen LogP contribution in [0.15, 0.2) is 24.6 Å². The summed E-state index contributed by atoms with van der Waals surface area (Å²) >= 11 is 0. The molecule has 0 aromatic carbocycles. The van der Waals surface area contributed by atoms with Crippen LogP contribution in [0.5, 0.6) is 0 Å². The van der Waals surface area contributed by atoms with Gasteiger partial charge in [-0.25, -0.2) is 0 Å². The first-order valence-corrected chi connectivity index (χ1v) is 16.8. The molecule has 0 saturated carbocycles. The lowest BCUT2D eigenvalue weighted by Crippen LogP contribution is -2.50.